The molecule has 0 aliphatic heterocycles. The summed E-state index contributed by atoms with van der Waals surface area (Å²) >= 11 is 0. The van der Waals surface area contributed by atoms with Gasteiger partial charge < -0.3 is 34.3 Å². The van der Waals surface area contributed by atoms with Gasteiger partial charge in [0.2, 0.25) is 11.8 Å². The summed E-state index contributed by atoms with van der Waals surface area (Å²) in [7, 11) is 4.36. The van der Waals surface area contributed by atoms with Crippen LogP contribution in [0.1, 0.15) is 39.4 Å². The van der Waals surface area contributed by atoms with E-state index in [4.69, 9.17) is 9.47 Å². The van der Waals surface area contributed by atoms with Crippen molar-refractivity contribution >= 4 is 40.9 Å². The molecule has 0 saturated carbocycles. The molecule has 258 valence electrons. The molecular weight excluding hydrogens is 636 g/mol. The number of fused-ring (bicyclic) bond motifs is 1. The summed E-state index contributed by atoms with van der Waals surface area (Å²) in [5.41, 5.74) is -1.34. The molecule has 1 atom stereocenters. The molecule has 0 aliphatic rings. The predicted octanol–water partition coefficient (Wildman–Crippen LogP) is 3.70. The maximum Gasteiger partial charge on any atom is 0.421 e. The Balaban J connectivity index is 1.65. The van der Waals surface area contributed by atoms with Crippen LogP contribution in [0, 0.1) is 0 Å². The molecule has 16 nitrogen and oxygen atoms in total. The molecule has 3 heterocycles. The molecule has 0 aliphatic carbocycles. The number of benzene rings is 1. The van der Waals surface area contributed by atoms with Crippen LogP contribution in [0.25, 0.3) is 11.2 Å². The topological polar surface area (TPSA) is 189 Å². The third-order valence-corrected chi connectivity index (χ3v) is 6.72. The number of carbonyl (C=O) groups is 4. The van der Waals surface area contributed by atoms with Crippen molar-refractivity contribution < 1.29 is 33.4 Å². The van der Waals surface area contributed by atoms with Gasteiger partial charge in [-0.2, -0.15) is 4.98 Å². The fourth-order valence-corrected chi connectivity index (χ4v) is 4.39. The number of ether oxygens (including phenoxy) is 3. The van der Waals surface area contributed by atoms with Crippen molar-refractivity contribution in [3.63, 3.8) is 0 Å². The molecule has 4 rings (SSSR count). The molecule has 1 unspecified atom stereocenters. The van der Waals surface area contributed by atoms with E-state index in [1.807, 2.05) is 6.07 Å². The molecule has 0 spiro atoms. The molecule has 0 fully saturated rings. The van der Waals surface area contributed by atoms with Crippen molar-refractivity contribution in [3.05, 3.63) is 83.3 Å². The Hall–Kier alpha value is -6.06. The molecule has 4 aromatic rings. The Morgan fingerprint density at radius 3 is 2.45 bits per heavy atom. The summed E-state index contributed by atoms with van der Waals surface area (Å²) in [5.74, 6) is -0.283. The smallest absolute Gasteiger partial charge is 0.421 e. The lowest BCUT2D eigenvalue weighted by Gasteiger charge is -2.20. The zero-order valence-electron chi connectivity index (χ0n) is 28.0. The van der Waals surface area contributed by atoms with E-state index in [2.05, 4.69) is 30.3 Å². The number of imidazole rings is 1. The summed E-state index contributed by atoms with van der Waals surface area (Å²) in [6.07, 6.45) is 4.35. The molecule has 0 saturated heterocycles. The first-order chi connectivity index (χ1) is 23.3. The number of hydrogen-bond acceptors (Lipinski definition) is 11. The van der Waals surface area contributed by atoms with E-state index < -0.39 is 35.3 Å². The van der Waals surface area contributed by atoms with Crippen LogP contribution in [0.15, 0.2) is 71.9 Å². The standard InChI is InChI=1S/C33H38N8O8/c1-33(2,3)49-32(46)41-24(38-26-27(41)34-20-35-29(26)48-21-13-8-7-9-14-21)19-40-18-12-16-23(30(40)44)36-28(43)22(37-31(45)47-6)15-10-11-17-25(42)39(4)5/h7-9,11-14,16-18,20,22H,10,15,19H2,1-6H3,(H,36,43)(H,37,45)/b17-11+. The summed E-state index contributed by atoms with van der Waals surface area (Å²) in [4.78, 5) is 78.6. The first kappa shape index (κ1) is 35.8. The zero-order chi connectivity index (χ0) is 35.7. The van der Waals surface area contributed by atoms with E-state index in [-0.39, 0.29) is 53.8 Å². The Bertz CT molecular complexity index is 1910. The maximum atomic E-state index is 13.6. The van der Waals surface area contributed by atoms with E-state index in [0.29, 0.717) is 5.75 Å². The number of allylic oxidation sites excluding steroid dienone is 1. The van der Waals surface area contributed by atoms with Crippen LogP contribution in [0.3, 0.4) is 0 Å². The minimum Gasteiger partial charge on any atom is -0.453 e. The molecular formula is C33H38N8O8. The molecule has 3 amide bonds. The molecule has 2 N–H and O–H groups in total. The third kappa shape index (κ3) is 9.50. The van der Waals surface area contributed by atoms with Crippen LogP contribution < -0.4 is 20.9 Å². The predicted molar refractivity (Wildman–Crippen MR) is 178 cm³/mol. The van der Waals surface area contributed by atoms with Crippen molar-refractivity contribution in [3.8, 4) is 11.6 Å². The lowest BCUT2D eigenvalue weighted by Crippen LogP contribution is -2.44. The third-order valence-electron chi connectivity index (χ3n) is 6.72. The average Bonchev–Trinajstić information content (AvgIpc) is 3.42. The van der Waals surface area contributed by atoms with Gasteiger partial charge in [-0.1, -0.05) is 24.3 Å². The number of hydrogen-bond donors (Lipinski definition) is 2. The highest BCUT2D eigenvalue weighted by Crippen LogP contribution is 2.27. The number of alkyl carbamates (subject to hydrolysis) is 1. The Morgan fingerprint density at radius 1 is 1.04 bits per heavy atom. The minimum absolute atomic E-state index is 0.0810. The summed E-state index contributed by atoms with van der Waals surface area (Å²) in [6.45, 7) is 4.89. The largest absolute Gasteiger partial charge is 0.453 e. The second kappa shape index (κ2) is 15.7. The average molecular weight is 675 g/mol. The van der Waals surface area contributed by atoms with E-state index in [1.54, 1.807) is 65.2 Å². The minimum atomic E-state index is -1.10. The van der Waals surface area contributed by atoms with Crippen LogP contribution in [-0.2, 0) is 25.6 Å². The van der Waals surface area contributed by atoms with Crippen LogP contribution in [0.4, 0.5) is 15.3 Å². The normalized spacial score (nSPS) is 12.0. The Morgan fingerprint density at radius 2 is 1.78 bits per heavy atom. The first-order valence-electron chi connectivity index (χ1n) is 15.2. The van der Waals surface area contributed by atoms with Gasteiger partial charge in [0.05, 0.1) is 13.7 Å². The molecule has 16 heteroatoms. The van der Waals surface area contributed by atoms with E-state index >= 15 is 0 Å². The van der Waals surface area contributed by atoms with Gasteiger partial charge in [0.1, 0.15) is 35.2 Å². The van der Waals surface area contributed by atoms with Gasteiger partial charge in [-0.3, -0.25) is 14.4 Å². The van der Waals surface area contributed by atoms with Crippen molar-refractivity contribution in [2.45, 2.75) is 51.8 Å². The highest BCUT2D eigenvalue weighted by atomic mass is 16.6. The van der Waals surface area contributed by atoms with Gasteiger partial charge in [0, 0.05) is 20.3 Å². The number of pyridine rings is 1. The number of likely N-dealkylation sites (N-methyl/N-ethyl adjacent to an activating group) is 1. The number of rotatable bonds is 11. The number of carbonyl (C=O) groups excluding carboxylic acids is 4. The lowest BCUT2D eigenvalue weighted by molar-refractivity contribution is -0.123. The van der Waals surface area contributed by atoms with E-state index in [0.717, 1.165) is 11.7 Å². The van der Waals surface area contributed by atoms with Gasteiger partial charge in [-0.25, -0.2) is 24.1 Å². The second-order valence-electron chi connectivity index (χ2n) is 11.9. The van der Waals surface area contributed by atoms with Crippen LogP contribution in [0.2, 0.25) is 0 Å². The van der Waals surface area contributed by atoms with Crippen molar-refractivity contribution in [2.75, 3.05) is 26.5 Å². The quantitative estimate of drug-likeness (QED) is 0.221. The van der Waals surface area contributed by atoms with Crippen molar-refractivity contribution in [1.82, 2.24) is 34.3 Å². The number of anilines is 1. The first-order valence-corrected chi connectivity index (χ1v) is 15.2. The molecule has 3 aromatic heterocycles. The van der Waals surface area contributed by atoms with Crippen LogP contribution >= 0.6 is 0 Å². The Kier molecular flexibility index (Phi) is 11.5. The Labute approximate surface area is 281 Å². The summed E-state index contributed by atoms with van der Waals surface area (Å²) in [6, 6.07) is 10.7. The SMILES string of the molecule is COC(=O)NC(CC/C=C/C(=O)N(C)C)C(=O)Nc1cccn(Cc2nc3c(Oc4ccccc4)ncnc3n2C(=O)OC(C)(C)C)c1=O. The van der Waals surface area contributed by atoms with Crippen LogP contribution in [-0.4, -0.2) is 85.8 Å². The van der Waals surface area contributed by atoms with E-state index in [1.165, 1.54) is 40.2 Å². The van der Waals surface area contributed by atoms with Gasteiger partial charge in [-0.15, -0.1) is 0 Å². The lowest BCUT2D eigenvalue weighted by atomic mass is 10.1. The number of amides is 3. The number of nitrogens with zero attached hydrogens (tertiary/aromatic N) is 6. The summed E-state index contributed by atoms with van der Waals surface area (Å²) < 4.78 is 18.6. The van der Waals surface area contributed by atoms with Gasteiger partial charge in [0.25, 0.3) is 11.4 Å². The molecule has 0 bridgehead atoms. The number of methoxy groups -OCH3 is 1. The van der Waals surface area contributed by atoms with Crippen molar-refractivity contribution in [1.29, 1.82) is 0 Å². The zero-order valence-corrected chi connectivity index (χ0v) is 28.0. The van der Waals surface area contributed by atoms with Gasteiger partial charge in [-0.05, 0) is 64.0 Å². The fourth-order valence-electron chi connectivity index (χ4n) is 4.39. The summed E-state index contributed by atoms with van der Waals surface area (Å²) in [5, 5.41) is 5.01. The van der Waals surface area contributed by atoms with Gasteiger partial charge >= 0.3 is 12.2 Å². The number of aromatic nitrogens is 5. The molecule has 49 heavy (non-hydrogen) atoms. The van der Waals surface area contributed by atoms with Crippen molar-refractivity contribution in [2.24, 2.45) is 0 Å². The number of nitrogens with one attached hydrogen (secondary N) is 2. The fraction of sp³-hybridized carbons (Fsp3) is 0.333. The maximum absolute atomic E-state index is 13.6. The second-order valence-corrected chi connectivity index (χ2v) is 11.9. The van der Waals surface area contributed by atoms with E-state index in [9.17, 15) is 24.0 Å². The molecule has 0 radical (unpaired) electrons. The van der Waals surface area contributed by atoms with Gasteiger partial charge in [0.15, 0.2) is 11.2 Å². The number of para-hydroxylation sites is 1. The van der Waals surface area contributed by atoms with Crippen LogP contribution in [0.5, 0.6) is 11.6 Å². The highest BCUT2D eigenvalue weighted by Gasteiger charge is 2.27. The molecule has 1 aromatic carbocycles. The monoisotopic (exact) mass is 674 g/mol. The highest BCUT2D eigenvalue weighted by molar-refractivity contribution is 5.96.